The van der Waals surface area contributed by atoms with Crippen LogP contribution >= 0.6 is 0 Å². The van der Waals surface area contributed by atoms with Crippen molar-refractivity contribution in [1.29, 1.82) is 0 Å². The molecule has 3 aromatic carbocycles. The molecule has 0 N–H and O–H groups in total. The fourth-order valence-corrected chi connectivity index (χ4v) is 3.33. The molecule has 3 heteroatoms. The van der Waals surface area contributed by atoms with Crippen LogP contribution in [-0.4, -0.2) is 20.8 Å². The Morgan fingerprint density at radius 2 is 1.07 bits per heavy atom. The van der Waals surface area contributed by atoms with Gasteiger partial charge in [0, 0.05) is 6.61 Å². The highest BCUT2D eigenvalue weighted by Gasteiger charge is 2.37. The average Bonchev–Trinajstić information content (AvgIpc) is 2.76. The van der Waals surface area contributed by atoms with Gasteiger partial charge in [0.05, 0.1) is 14.2 Å². The van der Waals surface area contributed by atoms with Gasteiger partial charge >= 0.3 is 0 Å². The molecule has 3 aromatic rings. The molecular formula is C24H26O3. The molecule has 0 saturated carbocycles. The van der Waals surface area contributed by atoms with Gasteiger partial charge in [-0.05, 0) is 47.4 Å². The van der Waals surface area contributed by atoms with E-state index in [0.717, 1.165) is 34.6 Å². The van der Waals surface area contributed by atoms with Crippen LogP contribution in [0.1, 0.15) is 30.0 Å². The van der Waals surface area contributed by atoms with Gasteiger partial charge in [-0.15, -0.1) is 0 Å². The lowest BCUT2D eigenvalue weighted by Gasteiger charge is -2.36. The van der Waals surface area contributed by atoms with Gasteiger partial charge in [-0.2, -0.15) is 0 Å². The van der Waals surface area contributed by atoms with Crippen molar-refractivity contribution in [2.45, 2.75) is 18.9 Å². The van der Waals surface area contributed by atoms with Gasteiger partial charge in [-0.1, -0.05) is 61.5 Å². The summed E-state index contributed by atoms with van der Waals surface area (Å²) in [6.07, 6.45) is 0.931. The second-order valence-electron chi connectivity index (χ2n) is 6.35. The highest BCUT2D eigenvalue weighted by molar-refractivity contribution is 5.49. The molecule has 3 rings (SSSR count). The van der Waals surface area contributed by atoms with Gasteiger partial charge in [0.2, 0.25) is 0 Å². The zero-order chi connectivity index (χ0) is 19.1. The van der Waals surface area contributed by atoms with Crippen LogP contribution in [0.15, 0.2) is 78.9 Å². The van der Waals surface area contributed by atoms with Crippen LogP contribution in [0.25, 0.3) is 0 Å². The Balaban J connectivity index is 2.22. The van der Waals surface area contributed by atoms with Crippen LogP contribution in [0.2, 0.25) is 0 Å². The van der Waals surface area contributed by atoms with Gasteiger partial charge in [0.25, 0.3) is 0 Å². The molecule has 0 radical (unpaired) electrons. The summed E-state index contributed by atoms with van der Waals surface area (Å²) in [5.74, 6) is 1.65. The number of rotatable bonds is 8. The Hall–Kier alpha value is -2.78. The van der Waals surface area contributed by atoms with Gasteiger partial charge in [0.15, 0.2) is 0 Å². The summed E-state index contributed by atoms with van der Waals surface area (Å²) in [5.41, 5.74) is 2.52. The summed E-state index contributed by atoms with van der Waals surface area (Å²) in [6.45, 7) is 2.77. The minimum Gasteiger partial charge on any atom is -0.497 e. The predicted octanol–water partition coefficient (Wildman–Crippen LogP) is 5.42. The quantitative estimate of drug-likeness (QED) is 0.501. The van der Waals surface area contributed by atoms with Crippen LogP contribution < -0.4 is 9.47 Å². The maximum atomic E-state index is 6.60. The molecular weight excluding hydrogens is 336 g/mol. The molecule has 3 nitrogen and oxygen atoms in total. The topological polar surface area (TPSA) is 27.7 Å². The van der Waals surface area contributed by atoms with E-state index in [9.17, 15) is 0 Å². The summed E-state index contributed by atoms with van der Waals surface area (Å²) in [4.78, 5) is 0. The Bertz CT molecular complexity index is 776. The predicted molar refractivity (Wildman–Crippen MR) is 109 cm³/mol. The van der Waals surface area contributed by atoms with Crippen LogP contribution in [0.3, 0.4) is 0 Å². The maximum absolute atomic E-state index is 6.60. The van der Waals surface area contributed by atoms with Crippen molar-refractivity contribution in [2.75, 3.05) is 20.8 Å². The normalized spacial score (nSPS) is 11.2. The smallest absolute Gasteiger partial charge is 0.143 e. The molecule has 0 unspecified atom stereocenters. The minimum atomic E-state index is -0.699. The minimum absolute atomic E-state index is 0.646. The monoisotopic (exact) mass is 362 g/mol. The van der Waals surface area contributed by atoms with Gasteiger partial charge in [-0.25, -0.2) is 0 Å². The lowest BCUT2D eigenvalue weighted by atomic mass is 9.80. The maximum Gasteiger partial charge on any atom is 0.143 e. The van der Waals surface area contributed by atoms with E-state index in [2.05, 4.69) is 43.3 Å². The molecule has 0 amide bonds. The first kappa shape index (κ1) is 19.0. The van der Waals surface area contributed by atoms with Gasteiger partial charge in [0.1, 0.15) is 17.1 Å². The zero-order valence-electron chi connectivity index (χ0n) is 16.1. The number of benzene rings is 3. The highest BCUT2D eigenvalue weighted by atomic mass is 16.5. The van der Waals surface area contributed by atoms with Crippen molar-refractivity contribution in [1.82, 2.24) is 0 Å². The Labute approximate surface area is 161 Å². The third-order valence-corrected chi connectivity index (χ3v) is 4.70. The van der Waals surface area contributed by atoms with Crippen molar-refractivity contribution in [3.05, 3.63) is 95.6 Å². The first-order valence-electron chi connectivity index (χ1n) is 9.23. The van der Waals surface area contributed by atoms with Gasteiger partial charge < -0.3 is 14.2 Å². The Morgan fingerprint density at radius 3 is 1.48 bits per heavy atom. The van der Waals surface area contributed by atoms with E-state index in [0.29, 0.717) is 6.61 Å². The molecule has 140 valence electrons. The first-order valence-corrected chi connectivity index (χ1v) is 9.23. The Morgan fingerprint density at radius 1 is 0.630 bits per heavy atom. The van der Waals surface area contributed by atoms with E-state index in [1.54, 1.807) is 14.2 Å². The lowest BCUT2D eigenvalue weighted by Crippen LogP contribution is -2.33. The van der Waals surface area contributed by atoms with Crippen molar-refractivity contribution in [2.24, 2.45) is 0 Å². The second-order valence-corrected chi connectivity index (χ2v) is 6.35. The van der Waals surface area contributed by atoms with Crippen LogP contribution in [-0.2, 0) is 10.3 Å². The molecule has 0 aromatic heterocycles. The third-order valence-electron chi connectivity index (χ3n) is 4.70. The van der Waals surface area contributed by atoms with Crippen molar-refractivity contribution in [3.63, 3.8) is 0 Å². The molecule has 0 saturated heterocycles. The molecule has 0 atom stereocenters. The standard InChI is InChI=1S/C24H26O3/c1-4-18-27-24(19-8-6-5-7-9-19,20-10-14-22(25-2)15-11-20)21-12-16-23(26-3)17-13-21/h5-17H,4,18H2,1-3H3. The van der Waals surface area contributed by atoms with Gasteiger partial charge in [-0.3, -0.25) is 0 Å². The Kier molecular flexibility index (Phi) is 6.15. The first-order chi connectivity index (χ1) is 13.2. The second kappa shape index (κ2) is 8.74. The molecule has 27 heavy (non-hydrogen) atoms. The largest absolute Gasteiger partial charge is 0.497 e. The van der Waals surface area contributed by atoms with E-state index in [4.69, 9.17) is 14.2 Å². The third kappa shape index (κ3) is 3.83. The number of hydrogen-bond acceptors (Lipinski definition) is 3. The van der Waals surface area contributed by atoms with Crippen molar-refractivity contribution < 1.29 is 14.2 Å². The van der Waals surface area contributed by atoms with Crippen molar-refractivity contribution >= 4 is 0 Å². The molecule has 0 fully saturated rings. The zero-order valence-corrected chi connectivity index (χ0v) is 16.1. The van der Waals surface area contributed by atoms with E-state index in [1.807, 2.05) is 42.5 Å². The average molecular weight is 362 g/mol. The number of hydrogen-bond donors (Lipinski definition) is 0. The van der Waals surface area contributed by atoms with Crippen LogP contribution in [0.5, 0.6) is 11.5 Å². The molecule has 0 aliphatic heterocycles. The molecule has 0 heterocycles. The van der Waals surface area contributed by atoms with E-state index < -0.39 is 5.60 Å². The number of ether oxygens (including phenoxy) is 3. The fraction of sp³-hybridized carbons (Fsp3) is 0.250. The highest BCUT2D eigenvalue weighted by Crippen LogP contribution is 2.41. The summed E-state index contributed by atoms with van der Waals surface area (Å²) < 4.78 is 17.3. The van der Waals surface area contributed by atoms with E-state index in [1.165, 1.54) is 0 Å². The van der Waals surface area contributed by atoms with E-state index >= 15 is 0 Å². The molecule has 0 aliphatic carbocycles. The summed E-state index contributed by atoms with van der Waals surface area (Å²) >= 11 is 0. The fourth-order valence-electron chi connectivity index (χ4n) is 3.33. The summed E-state index contributed by atoms with van der Waals surface area (Å²) in [7, 11) is 3.35. The van der Waals surface area contributed by atoms with Crippen LogP contribution in [0, 0.1) is 0 Å². The summed E-state index contributed by atoms with van der Waals surface area (Å²) in [6, 6.07) is 26.6. The summed E-state index contributed by atoms with van der Waals surface area (Å²) in [5, 5.41) is 0. The number of methoxy groups -OCH3 is 2. The lowest BCUT2D eigenvalue weighted by molar-refractivity contribution is 0.0132. The van der Waals surface area contributed by atoms with Crippen LogP contribution in [0.4, 0.5) is 0 Å². The van der Waals surface area contributed by atoms with E-state index in [-0.39, 0.29) is 0 Å². The van der Waals surface area contributed by atoms with Crippen molar-refractivity contribution in [3.8, 4) is 11.5 Å². The SMILES string of the molecule is CCCOC(c1ccccc1)(c1ccc(OC)cc1)c1ccc(OC)cc1. The molecule has 0 spiro atoms. The molecule has 0 bridgehead atoms. The molecule has 0 aliphatic rings.